The van der Waals surface area contributed by atoms with Crippen LogP contribution in [0.15, 0.2) is 42.5 Å². The largest absolute Gasteiger partial charge is 0.494 e. The van der Waals surface area contributed by atoms with Crippen LogP contribution in [0.4, 0.5) is 4.39 Å². The van der Waals surface area contributed by atoms with E-state index >= 15 is 0 Å². The van der Waals surface area contributed by atoms with Gasteiger partial charge in [0.05, 0.1) is 6.61 Å². The lowest BCUT2D eigenvalue weighted by Crippen LogP contribution is -2.14. The van der Waals surface area contributed by atoms with Crippen LogP contribution in [0.2, 0.25) is 5.02 Å². The predicted molar refractivity (Wildman–Crippen MR) is 92.6 cm³/mol. The Balaban J connectivity index is 1.66. The number of esters is 1. The van der Waals surface area contributed by atoms with Gasteiger partial charge in [-0.15, -0.1) is 0 Å². The summed E-state index contributed by atoms with van der Waals surface area (Å²) in [5.74, 6) is -0.598. The van der Waals surface area contributed by atoms with Crippen LogP contribution in [-0.2, 0) is 9.53 Å². The molecule has 0 bridgehead atoms. The van der Waals surface area contributed by atoms with Gasteiger partial charge in [-0.05, 0) is 61.4 Å². The Hall–Kier alpha value is -2.40. The molecular formula is C19H18ClFO4. The molecule has 0 amide bonds. The molecule has 0 radical (unpaired) electrons. The molecule has 0 saturated carbocycles. The number of ether oxygens (including phenoxy) is 2. The maximum absolute atomic E-state index is 12.8. The van der Waals surface area contributed by atoms with E-state index in [9.17, 15) is 14.0 Å². The summed E-state index contributed by atoms with van der Waals surface area (Å²) in [5.41, 5.74) is 1.22. The zero-order chi connectivity index (χ0) is 18.2. The average Bonchev–Trinajstić information content (AvgIpc) is 2.60. The molecule has 0 N–H and O–H groups in total. The maximum atomic E-state index is 12.8. The molecule has 6 heteroatoms. The van der Waals surface area contributed by atoms with Crippen molar-refractivity contribution in [3.05, 3.63) is 64.4 Å². The first-order valence-corrected chi connectivity index (χ1v) is 8.17. The highest BCUT2D eigenvalue weighted by molar-refractivity contribution is 6.31. The highest BCUT2D eigenvalue weighted by atomic mass is 35.5. The summed E-state index contributed by atoms with van der Waals surface area (Å²) in [6.45, 7) is 1.87. The van der Waals surface area contributed by atoms with Crippen LogP contribution >= 0.6 is 11.6 Å². The van der Waals surface area contributed by atoms with Crippen LogP contribution in [0.25, 0.3) is 0 Å². The fraction of sp³-hybridized carbons (Fsp3) is 0.263. The first kappa shape index (κ1) is 18.9. The maximum Gasteiger partial charge on any atom is 0.306 e. The molecule has 0 heterocycles. The molecule has 25 heavy (non-hydrogen) atoms. The molecule has 4 nitrogen and oxygen atoms in total. The summed E-state index contributed by atoms with van der Waals surface area (Å²) in [6.07, 6.45) is 0.606. The van der Waals surface area contributed by atoms with Gasteiger partial charge in [-0.25, -0.2) is 4.39 Å². The molecule has 2 aromatic carbocycles. The van der Waals surface area contributed by atoms with E-state index in [-0.39, 0.29) is 18.8 Å². The fourth-order valence-electron chi connectivity index (χ4n) is 2.05. The Morgan fingerprint density at radius 1 is 1.12 bits per heavy atom. The van der Waals surface area contributed by atoms with Crippen LogP contribution in [0.3, 0.4) is 0 Å². The second-order valence-electron chi connectivity index (χ2n) is 5.45. The van der Waals surface area contributed by atoms with E-state index in [4.69, 9.17) is 21.1 Å². The molecule has 0 saturated heterocycles. The van der Waals surface area contributed by atoms with E-state index in [0.717, 1.165) is 5.56 Å². The monoisotopic (exact) mass is 364 g/mol. The number of Topliss-reactive ketones (excluding diaryl/α,β-unsaturated/α-hetero) is 1. The van der Waals surface area contributed by atoms with Crippen molar-refractivity contribution in [2.75, 3.05) is 13.2 Å². The zero-order valence-corrected chi connectivity index (χ0v) is 14.5. The van der Waals surface area contributed by atoms with E-state index in [1.165, 1.54) is 24.3 Å². The molecular weight excluding hydrogens is 347 g/mol. The number of halogens is 2. The second-order valence-corrected chi connectivity index (χ2v) is 5.86. The minimum absolute atomic E-state index is 0.142. The molecule has 0 unspecified atom stereocenters. The number of hydrogen-bond acceptors (Lipinski definition) is 4. The SMILES string of the molecule is Cc1cc(OCCCC(=O)OCC(=O)c2ccc(F)cc2)ccc1Cl. The Bertz CT molecular complexity index is 744. The third-order valence-electron chi connectivity index (χ3n) is 3.45. The van der Waals surface area contributed by atoms with Crippen LogP contribution in [0, 0.1) is 12.7 Å². The normalized spacial score (nSPS) is 10.4. The van der Waals surface area contributed by atoms with Gasteiger partial charge in [0.2, 0.25) is 0 Å². The second kappa shape index (κ2) is 9.18. The summed E-state index contributed by atoms with van der Waals surface area (Å²) in [7, 11) is 0. The Morgan fingerprint density at radius 2 is 1.84 bits per heavy atom. The summed E-state index contributed by atoms with van der Waals surface area (Å²) in [5, 5.41) is 0.668. The number of aryl methyl sites for hydroxylation is 1. The first-order valence-electron chi connectivity index (χ1n) is 7.79. The van der Waals surface area contributed by atoms with E-state index in [2.05, 4.69) is 0 Å². The summed E-state index contributed by atoms with van der Waals surface area (Å²) < 4.78 is 23.2. The fourth-order valence-corrected chi connectivity index (χ4v) is 2.17. The highest BCUT2D eigenvalue weighted by Gasteiger charge is 2.10. The molecule has 0 aliphatic carbocycles. The average molecular weight is 365 g/mol. The Kier molecular flexibility index (Phi) is 6.95. The molecule has 0 atom stereocenters. The van der Waals surface area contributed by atoms with Gasteiger partial charge in [-0.2, -0.15) is 0 Å². The van der Waals surface area contributed by atoms with Crippen molar-refractivity contribution in [2.45, 2.75) is 19.8 Å². The minimum Gasteiger partial charge on any atom is -0.494 e. The van der Waals surface area contributed by atoms with E-state index in [1.807, 2.05) is 13.0 Å². The summed E-state index contributed by atoms with van der Waals surface area (Å²) in [4.78, 5) is 23.4. The van der Waals surface area contributed by atoms with Crippen molar-refractivity contribution in [2.24, 2.45) is 0 Å². The van der Waals surface area contributed by atoms with Gasteiger partial charge in [0.1, 0.15) is 11.6 Å². The highest BCUT2D eigenvalue weighted by Crippen LogP contribution is 2.21. The minimum atomic E-state index is -0.480. The van der Waals surface area contributed by atoms with E-state index < -0.39 is 11.8 Å². The molecule has 0 aromatic heterocycles. The Morgan fingerprint density at radius 3 is 2.52 bits per heavy atom. The van der Waals surface area contributed by atoms with Gasteiger partial charge in [0.15, 0.2) is 12.4 Å². The number of carbonyl (C=O) groups excluding carboxylic acids is 2. The number of carbonyl (C=O) groups is 2. The van der Waals surface area contributed by atoms with Crippen molar-refractivity contribution in [3.63, 3.8) is 0 Å². The van der Waals surface area contributed by atoms with Crippen LogP contribution in [-0.4, -0.2) is 25.0 Å². The van der Waals surface area contributed by atoms with Gasteiger partial charge in [0.25, 0.3) is 0 Å². The van der Waals surface area contributed by atoms with Gasteiger partial charge in [0, 0.05) is 17.0 Å². The quantitative estimate of drug-likeness (QED) is 0.396. The zero-order valence-electron chi connectivity index (χ0n) is 13.8. The lowest BCUT2D eigenvalue weighted by atomic mass is 10.1. The van der Waals surface area contributed by atoms with Gasteiger partial charge in [-0.3, -0.25) is 9.59 Å². The topological polar surface area (TPSA) is 52.6 Å². The standard InChI is InChI=1S/C19H18ClFO4/c1-13-11-16(8-9-17(13)20)24-10-2-3-19(23)25-12-18(22)14-4-6-15(21)7-5-14/h4-9,11H,2-3,10,12H2,1H3. The Labute approximate surface area is 150 Å². The van der Waals surface area contributed by atoms with E-state index in [0.29, 0.717) is 29.4 Å². The molecule has 0 aliphatic rings. The predicted octanol–water partition coefficient (Wildman–Crippen LogP) is 4.37. The number of ketones is 1. The third kappa shape index (κ3) is 6.19. The molecule has 2 rings (SSSR count). The summed E-state index contributed by atoms with van der Waals surface area (Å²) in [6, 6.07) is 10.4. The van der Waals surface area contributed by atoms with E-state index in [1.54, 1.807) is 12.1 Å². The number of benzene rings is 2. The lowest BCUT2D eigenvalue weighted by Gasteiger charge is -2.08. The molecule has 0 aliphatic heterocycles. The van der Waals surface area contributed by atoms with Crippen LogP contribution in [0.5, 0.6) is 5.75 Å². The first-order chi connectivity index (χ1) is 12.0. The van der Waals surface area contributed by atoms with Crippen molar-refractivity contribution >= 4 is 23.4 Å². The number of rotatable bonds is 8. The van der Waals surface area contributed by atoms with Gasteiger partial charge in [-0.1, -0.05) is 11.6 Å². The molecule has 132 valence electrons. The van der Waals surface area contributed by atoms with Gasteiger partial charge < -0.3 is 9.47 Å². The van der Waals surface area contributed by atoms with Crippen molar-refractivity contribution < 1.29 is 23.5 Å². The van der Waals surface area contributed by atoms with Crippen molar-refractivity contribution in [3.8, 4) is 5.75 Å². The van der Waals surface area contributed by atoms with Crippen molar-refractivity contribution in [1.29, 1.82) is 0 Å². The summed E-state index contributed by atoms with van der Waals surface area (Å²) >= 11 is 5.93. The van der Waals surface area contributed by atoms with Gasteiger partial charge >= 0.3 is 5.97 Å². The lowest BCUT2D eigenvalue weighted by molar-refractivity contribution is -0.142. The van der Waals surface area contributed by atoms with Crippen LogP contribution < -0.4 is 4.74 Å². The van der Waals surface area contributed by atoms with Crippen LogP contribution in [0.1, 0.15) is 28.8 Å². The van der Waals surface area contributed by atoms with Crippen molar-refractivity contribution in [1.82, 2.24) is 0 Å². The number of hydrogen-bond donors (Lipinski definition) is 0. The smallest absolute Gasteiger partial charge is 0.306 e. The molecule has 2 aromatic rings. The molecule has 0 fully saturated rings. The molecule has 0 spiro atoms. The third-order valence-corrected chi connectivity index (χ3v) is 3.88.